The average Bonchev–Trinajstić information content (AvgIpc) is 2.67. The summed E-state index contributed by atoms with van der Waals surface area (Å²) in [5.74, 6) is 0.184. The molecule has 1 N–H and O–H groups in total. The molecule has 0 saturated carbocycles. The van der Waals surface area contributed by atoms with Crippen LogP contribution in [0, 0.1) is 0 Å². The predicted octanol–water partition coefficient (Wildman–Crippen LogP) is 2.60. The van der Waals surface area contributed by atoms with E-state index in [-0.39, 0.29) is 5.91 Å². The molecule has 0 fully saturated rings. The van der Waals surface area contributed by atoms with Crippen LogP contribution in [-0.2, 0) is 11.2 Å². The first-order valence-electron chi connectivity index (χ1n) is 5.12. The monoisotopic (exact) mass is 211 g/mol. The van der Waals surface area contributed by atoms with Gasteiger partial charge in [0.25, 0.3) is 0 Å². The zero-order valence-electron chi connectivity index (χ0n) is 8.58. The van der Waals surface area contributed by atoms with E-state index in [1.165, 1.54) is 4.88 Å². The van der Waals surface area contributed by atoms with Crippen LogP contribution in [0.1, 0.15) is 31.1 Å². The molecule has 1 aromatic heterocycles. The number of thiophene rings is 1. The zero-order valence-corrected chi connectivity index (χ0v) is 9.40. The molecular formula is C11H17NOS. The second kappa shape index (κ2) is 6.60. The smallest absolute Gasteiger partial charge is 0.220 e. The number of carbonyl (C=O) groups excluding carboxylic acids is 1. The third kappa shape index (κ3) is 4.42. The van der Waals surface area contributed by atoms with Crippen molar-refractivity contribution < 1.29 is 4.79 Å². The van der Waals surface area contributed by atoms with Crippen LogP contribution < -0.4 is 5.32 Å². The van der Waals surface area contributed by atoms with Crippen molar-refractivity contribution in [2.75, 3.05) is 6.54 Å². The number of aryl methyl sites for hydroxylation is 1. The number of hydrogen-bond donors (Lipinski definition) is 1. The van der Waals surface area contributed by atoms with Crippen molar-refractivity contribution in [3.63, 3.8) is 0 Å². The third-order valence-corrected chi connectivity index (χ3v) is 2.92. The van der Waals surface area contributed by atoms with Gasteiger partial charge in [-0.3, -0.25) is 4.79 Å². The number of amides is 1. The first kappa shape index (κ1) is 11.2. The van der Waals surface area contributed by atoms with Crippen LogP contribution in [0.2, 0.25) is 0 Å². The summed E-state index contributed by atoms with van der Waals surface area (Å²) in [6.45, 7) is 2.86. The van der Waals surface area contributed by atoms with Gasteiger partial charge in [0.15, 0.2) is 0 Å². The Hall–Kier alpha value is -0.830. The van der Waals surface area contributed by atoms with Crippen LogP contribution in [-0.4, -0.2) is 12.5 Å². The van der Waals surface area contributed by atoms with Gasteiger partial charge in [-0.25, -0.2) is 0 Å². The third-order valence-electron chi connectivity index (χ3n) is 1.98. The van der Waals surface area contributed by atoms with Gasteiger partial charge < -0.3 is 5.32 Å². The predicted molar refractivity (Wildman–Crippen MR) is 60.6 cm³/mol. The van der Waals surface area contributed by atoms with E-state index in [1.54, 1.807) is 11.3 Å². The molecule has 0 aromatic carbocycles. The van der Waals surface area contributed by atoms with E-state index in [4.69, 9.17) is 0 Å². The lowest BCUT2D eigenvalue weighted by Crippen LogP contribution is -2.23. The standard InChI is InChI=1S/C11H17NOS/c1-2-8-12-11(13)7-3-5-10-6-4-9-14-10/h4,6,9H,2-3,5,7-8H2,1H3,(H,12,13). The Morgan fingerprint density at radius 3 is 3.07 bits per heavy atom. The normalized spacial score (nSPS) is 10.1. The summed E-state index contributed by atoms with van der Waals surface area (Å²) in [5, 5.41) is 4.95. The minimum Gasteiger partial charge on any atom is -0.356 e. The molecule has 0 bridgehead atoms. The van der Waals surface area contributed by atoms with Crippen LogP contribution in [0.4, 0.5) is 0 Å². The fraction of sp³-hybridized carbons (Fsp3) is 0.545. The van der Waals surface area contributed by atoms with E-state index in [2.05, 4.69) is 29.8 Å². The molecule has 3 heteroatoms. The van der Waals surface area contributed by atoms with Crippen LogP contribution in [0.3, 0.4) is 0 Å². The molecule has 0 aliphatic heterocycles. The number of rotatable bonds is 6. The number of carbonyl (C=O) groups is 1. The van der Waals surface area contributed by atoms with Crippen LogP contribution in [0.25, 0.3) is 0 Å². The van der Waals surface area contributed by atoms with Crippen LogP contribution >= 0.6 is 11.3 Å². The lowest BCUT2D eigenvalue weighted by molar-refractivity contribution is -0.121. The van der Waals surface area contributed by atoms with Crippen molar-refractivity contribution in [3.05, 3.63) is 22.4 Å². The Balaban J connectivity index is 2.06. The van der Waals surface area contributed by atoms with Gasteiger partial charge >= 0.3 is 0 Å². The Kier molecular flexibility index (Phi) is 5.30. The summed E-state index contributed by atoms with van der Waals surface area (Å²) in [6.07, 6.45) is 3.64. The highest BCUT2D eigenvalue weighted by Gasteiger charge is 2.00. The Morgan fingerprint density at radius 1 is 1.57 bits per heavy atom. The van der Waals surface area contributed by atoms with Crippen LogP contribution in [0.15, 0.2) is 17.5 Å². The van der Waals surface area contributed by atoms with E-state index in [0.717, 1.165) is 25.8 Å². The molecular weight excluding hydrogens is 194 g/mol. The maximum atomic E-state index is 11.2. The van der Waals surface area contributed by atoms with Gasteiger partial charge in [-0.05, 0) is 30.7 Å². The second-order valence-corrected chi connectivity index (χ2v) is 4.32. The van der Waals surface area contributed by atoms with Gasteiger partial charge in [0, 0.05) is 17.8 Å². The first-order valence-corrected chi connectivity index (χ1v) is 6.00. The van der Waals surface area contributed by atoms with Gasteiger partial charge in [0.05, 0.1) is 0 Å². The van der Waals surface area contributed by atoms with Crippen LogP contribution in [0.5, 0.6) is 0 Å². The summed E-state index contributed by atoms with van der Waals surface area (Å²) in [4.78, 5) is 12.6. The van der Waals surface area contributed by atoms with Crippen molar-refractivity contribution in [2.24, 2.45) is 0 Å². The second-order valence-electron chi connectivity index (χ2n) is 3.28. The Morgan fingerprint density at radius 2 is 2.43 bits per heavy atom. The molecule has 78 valence electrons. The molecule has 0 spiro atoms. The number of nitrogens with one attached hydrogen (secondary N) is 1. The topological polar surface area (TPSA) is 29.1 Å². The van der Waals surface area contributed by atoms with E-state index in [1.807, 2.05) is 0 Å². The minimum atomic E-state index is 0.184. The maximum Gasteiger partial charge on any atom is 0.220 e. The van der Waals surface area contributed by atoms with Gasteiger partial charge in [0.1, 0.15) is 0 Å². The zero-order chi connectivity index (χ0) is 10.2. The average molecular weight is 211 g/mol. The fourth-order valence-electron chi connectivity index (χ4n) is 1.23. The fourth-order valence-corrected chi connectivity index (χ4v) is 1.98. The van der Waals surface area contributed by atoms with Gasteiger partial charge in [-0.2, -0.15) is 0 Å². The lowest BCUT2D eigenvalue weighted by Gasteiger charge is -2.02. The molecule has 1 heterocycles. The highest BCUT2D eigenvalue weighted by Crippen LogP contribution is 2.11. The molecule has 0 saturated heterocycles. The SMILES string of the molecule is CCCNC(=O)CCCc1cccs1. The van der Waals surface area contributed by atoms with E-state index in [9.17, 15) is 4.79 Å². The molecule has 1 aromatic rings. The largest absolute Gasteiger partial charge is 0.356 e. The molecule has 0 aliphatic carbocycles. The molecule has 0 atom stereocenters. The van der Waals surface area contributed by atoms with Crippen molar-refractivity contribution in [2.45, 2.75) is 32.6 Å². The highest BCUT2D eigenvalue weighted by atomic mass is 32.1. The van der Waals surface area contributed by atoms with E-state index in [0.29, 0.717) is 6.42 Å². The molecule has 0 radical (unpaired) electrons. The Bertz CT molecular complexity index is 256. The summed E-state index contributed by atoms with van der Waals surface area (Å²) in [5.41, 5.74) is 0. The van der Waals surface area contributed by atoms with Gasteiger partial charge in [-0.1, -0.05) is 13.0 Å². The first-order chi connectivity index (χ1) is 6.83. The van der Waals surface area contributed by atoms with E-state index < -0.39 is 0 Å². The summed E-state index contributed by atoms with van der Waals surface area (Å²) in [6, 6.07) is 4.17. The van der Waals surface area contributed by atoms with Crippen molar-refractivity contribution in [1.29, 1.82) is 0 Å². The summed E-state index contributed by atoms with van der Waals surface area (Å²) >= 11 is 1.76. The quantitative estimate of drug-likeness (QED) is 0.770. The molecule has 14 heavy (non-hydrogen) atoms. The van der Waals surface area contributed by atoms with Gasteiger partial charge in [-0.15, -0.1) is 11.3 Å². The molecule has 0 unspecified atom stereocenters. The van der Waals surface area contributed by atoms with E-state index >= 15 is 0 Å². The van der Waals surface area contributed by atoms with Crippen molar-refractivity contribution >= 4 is 17.2 Å². The summed E-state index contributed by atoms with van der Waals surface area (Å²) in [7, 11) is 0. The van der Waals surface area contributed by atoms with Crippen molar-refractivity contribution in [1.82, 2.24) is 5.32 Å². The molecule has 1 amide bonds. The van der Waals surface area contributed by atoms with Crippen molar-refractivity contribution in [3.8, 4) is 0 Å². The Labute approximate surface area is 89.3 Å². The molecule has 0 aliphatic rings. The maximum absolute atomic E-state index is 11.2. The lowest BCUT2D eigenvalue weighted by atomic mass is 10.2. The minimum absolute atomic E-state index is 0.184. The number of hydrogen-bond acceptors (Lipinski definition) is 2. The molecule has 1 rings (SSSR count). The molecule has 2 nitrogen and oxygen atoms in total. The highest BCUT2D eigenvalue weighted by molar-refractivity contribution is 7.09. The summed E-state index contributed by atoms with van der Waals surface area (Å²) < 4.78 is 0. The van der Waals surface area contributed by atoms with Gasteiger partial charge in [0.2, 0.25) is 5.91 Å².